The van der Waals surface area contributed by atoms with Gasteiger partial charge in [-0.05, 0) is 56.8 Å². The summed E-state index contributed by atoms with van der Waals surface area (Å²) in [6.07, 6.45) is 4.61. The molecule has 4 heteroatoms. The fourth-order valence-electron chi connectivity index (χ4n) is 2.91. The Kier molecular flexibility index (Phi) is 8.26. The number of ether oxygens (including phenoxy) is 2. The molecule has 0 amide bonds. The van der Waals surface area contributed by atoms with E-state index in [1.54, 1.807) is 0 Å². The third-order valence-electron chi connectivity index (χ3n) is 4.17. The van der Waals surface area contributed by atoms with E-state index in [2.05, 4.69) is 35.3 Å². The molecule has 1 saturated heterocycles. The summed E-state index contributed by atoms with van der Waals surface area (Å²) < 4.78 is 11.5. The van der Waals surface area contributed by atoms with Crippen molar-refractivity contribution in [3.63, 3.8) is 0 Å². The van der Waals surface area contributed by atoms with E-state index in [-0.39, 0.29) is 0 Å². The van der Waals surface area contributed by atoms with Crippen molar-refractivity contribution in [1.82, 2.24) is 10.2 Å². The summed E-state index contributed by atoms with van der Waals surface area (Å²) in [5.74, 6) is 1.76. The number of rotatable bonds is 10. The molecule has 0 bridgehead atoms. The third-order valence-corrected chi connectivity index (χ3v) is 4.17. The summed E-state index contributed by atoms with van der Waals surface area (Å²) in [6, 6.07) is 6.39. The van der Waals surface area contributed by atoms with Crippen LogP contribution < -0.4 is 14.8 Å². The van der Waals surface area contributed by atoms with E-state index >= 15 is 0 Å². The van der Waals surface area contributed by atoms with Crippen LogP contribution in [0.1, 0.15) is 38.7 Å². The lowest BCUT2D eigenvalue weighted by Crippen LogP contribution is -2.43. The number of aryl methyl sites for hydroxylation is 1. The van der Waals surface area contributed by atoms with Crippen LogP contribution in [0.2, 0.25) is 0 Å². The molecule has 2 rings (SSSR count). The molecule has 0 radical (unpaired) electrons. The first-order valence-electron chi connectivity index (χ1n) is 9.15. The van der Waals surface area contributed by atoms with Crippen LogP contribution >= 0.6 is 0 Å². The van der Waals surface area contributed by atoms with E-state index in [0.29, 0.717) is 6.61 Å². The predicted octanol–water partition coefficient (Wildman–Crippen LogP) is 3.10. The standard InChI is InChI=1S/C19H32N2O2/c1-3-15-23-18-9-8-17(16-19(18)22-4-2)7-5-6-12-21-13-10-20-11-14-21/h8-9,16,20H,3-7,10-15H2,1-2H3. The number of hydrogen-bond donors (Lipinski definition) is 1. The average Bonchev–Trinajstić information content (AvgIpc) is 2.59. The van der Waals surface area contributed by atoms with Crippen LogP contribution in [-0.2, 0) is 6.42 Å². The molecule has 1 N–H and O–H groups in total. The topological polar surface area (TPSA) is 33.7 Å². The molecular formula is C19H32N2O2. The van der Waals surface area contributed by atoms with Gasteiger partial charge in [-0.15, -0.1) is 0 Å². The molecule has 0 atom stereocenters. The second-order valence-electron chi connectivity index (χ2n) is 6.11. The van der Waals surface area contributed by atoms with Gasteiger partial charge in [-0.2, -0.15) is 0 Å². The second kappa shape index (κ2) is 10.5. The number of nitrogens with zero attached hydrogens (tertiary/aromatic N) is 1. The van der Waals surface area contributed by atoms with Crippen molar-refractivity contribution in [3.05, 3.63) is 23.8 Å². The van der Waals surface area contributed by atoms with Crippen LogP contribution in [0.3, 0.4) is 0 Å². The van der Waals surface area contributed by atoms with Gasteiger partial charge in [0.15, 0.2) is 11.5 Å². The Labute approximate surface area is 141 Å². The number of piperazine rings is 1. The van der Waals surface area contributed by atoms with Gasteiger partial charge in [-0.3, -0.25) is 0 Å². The lowest BCUT2D eigenvalue weighted by atomic mass is 10.1. The minimum Gasteiger partial charge on any atom is -0.490 e. The number of unbranched alkanes of at least 4 members (excludes halogenated alkanes) is 1. The molecule has 1 aromatic rings. The van der Waals surface area contributed by atoms with Crippen LogP contribution in [0.4, 0.5) is 0 Å². The summed E-state index contributed by atoms with van der Waals surface area (Å²) >= 11 is 0. The smallest absolute Gasteiger partial charge is 0.161 e. The minimum absolute atomic E-state index is 0.676. The normalized spacial score (nSPS) is 15.6. The molecule has 130 valence electrons. The summed E-state index contributed by atoms with van der Waals surface area (Å²) in [5, 5.41) is 3.40. The van der Waals surface area contributed by atoms with E-state index in [0.717, 1.165) is 44.0 Å². The van der Waals surface area contributed by atoms with E-state index in [1.807, 2.05) is 6.92 Å². The minimum atomic E-state index is 0.676. The van der Waals surface area contributed by atoms with Gasteiger partial charge in [-0.1, -0.05) is 13.0 Å². The summed E-state index contributed by atoms with van der Waals surface area (Å²) in [7, 11) is 0. The molecule has 0 saturated carbocycles. The molecule has 1 aliphatic rings. The van der Waals surface area contributed by atoms with Crippen LogP contribution in [0.15, 0.2) is 18.2 Å². The SMILES string of the molecule is CCCOc1ccc(CCCCN2CCNCC2)cc1OCC. The Morgan fingerprint density at radius 3 is 2.61 bits per heavy atom. The first kappa shape index (κ1) is 18.1. The maximum Gasteiger partial charge on any atom is 0.161 e. The monoisotopic (exact) mass is 320 g/mol. The maximum absolute atomic E-state index is 5.76. The van der Waals surface area contributed by atoms with Crippen molar-refractivity contribution in [1.29, 1.82) is 0 Å². The van der Waals surface area contributed by atoms with Gasteiger partial charge < -0.3 is 19.7 Å². The molecule has 23 heavy (non-hydrogen) atoms. The van der Waals surface area contributed by atoms with Crippen LogP contribution in [-0.4, -0.2) is 50.8 Å². The zero-order valence-electron chi connectivity index (χ0n) is 14.8. The average molecular weight is 320 g/mol. The van der Waals surface area contributed by atoms with Gasteiger partial charge in [0.25, 0.3) is 0 Å². The number of hydrogen-bond acceptors (Lipinski definition) is 4. The highest BCUT2D eigenvalue weighted by Crippen LogP contribution is 2.29. The first-order valence-corrected chi connectivity index (χ1v) is 9.15. The molecule has 0 spiro atoms. The Balaban J connectivity index is 1.78. The van der Waals surface area contributed by atoms with Crippen LogP contribution in [0, 0.1) is 0 Å². The summed E-state index contributed by atoms with van der Waals surface area (Å²) in [6.45, 7) is 11.4. The Morgan fingerprint density at radius 2 is 1.87 bits per heavy atom. The number of benzene rings is 1. The Hall–Kier alpha value is -1.26. The van der Waals surface area contributed by atoms with Crippen molar-refractivity contribution in [3.8, 4) is 11.5 Å². The third kappa shape index (κ3) is 6.40. The van der Waals surface area contributed by atoms with E-state index in [9.17, 15) is 0 Å². The molecule has 0 unspecified atom stereocenters. The maximum atomic E-state index is 5.76. The van der Waals surface area contributed by atoms with E-state index in [4.69, 9.17) is 9.47 Å². The molecule has 1 fully saturated rings. The molecule has 1 aromatic carbocycles. The van der Waals surface area contributed by atoms with Gasteiger partial charge in [0, 0.05) is 26.2 Å². The van der Waals surface area contributed by atoms with Crippen molar-refractivity contribution in [2.75, 3.05) is 45.9 Å². The Morgan fingerprint density at radius 1 is 1.04 bits per heavy atom. The lowest BCUT2D eigenvalue weighted by Gasteiger charge is -2.27. The fraction of sp³-hybridized carbons (Fsp3) is 0.684. The molecule has 4 nitrogen and oxygen atoms in total. The predicted molar refractivity (Wildman–Crippen MR) is 95.6 cm³/mol. The molecule has 1 heterocycles. The van der Waals surface area contributed by atoms with Crippen molar-refractivity contribution in [2.45, 2.75) is 39.5 Å². The first-order chi connectivity index (χ1) is 11.3. The highest BCUT2D eigenvalue weighted by Gasteiger charge is 2.09. The second-order valence-corrected chi connectivity index (χ2v) is 6.11. The molecule has 1 aliphatic heterocycles. The van der Waals surface area contributed by atoms with Crippen molar-refractivity contribution < 1.29 is 9.47 Å². The molecular weight excluding hydrogens is 288 g/mol. The highest BCUT2D eigenvalue weighted by atomic mass is 16.5. The molecule has 0 aliphatic carbocycles. The quantitative estimate of drug-likeness (QED) is 0.672. The zero-order chi connectivity index (χ0) is 16.3. The van der Waals surface area contributed by atoms with Gasteiger partial charge in [0.05, 0.1) is 13.2 Å². The Bertz CT molecular complexity index is 445. The summed E-state index contributed by atoms with van der Waals surface area (Å²) in [4.78, 5) is 2.56. The van der Waals surface area contributed by atoms with E-state index < -0.39 is 0 Å². The van der Waals surface area contributed by atoms with Crippen molar-refractivity contribution >= 4 is 0 Å². The van der Waals surface area contributed by atoms with Crippen LogP contribution in [0.25, 0.3) is 0 Å². The lowest BCUT2D eigenvalue weighted by molar-refractivity contribution is 0.237. The summed E-state index contributed by atoms with van der Waals surface area (Å²) in [5.41, 5.74) is 1.35. The largest absolute Gasteiger partial charge is 0.490 e. The number of nitrogens with one attached hydrogen (secondary N) is 1. The highest BCUT2D eigenvalue weighted by molar-refractivity contribution is 5.43. The van der Waals surface area contributed by atoms with Crippen LogP contribution in [0.5, 0.6) is 11.5 Å². The van der Waals surface area contributed by atoms with Gasteiger partial charge in [0.2, 0.25) is 0 Å². The fourth-order valence-corrected chi connectivity index (χ4v) is 2.91. The van der Waals surface area contributed by atoms with Gasteiger partial charge >= 0.3 is 0 Å². The zero-order valence-corrected chi connectivity index (χ0v) is 14.8. The van der Waals surface area contributed by atoms with Gasteiger partial charge in [-0.25, -0.2) is 0 Å². The van der Waals surface area contributed by atoms with Gasteiger partial charge in [0.1, 0.15) is 0 Å². The molecule has 0 aromatic heterocycles. The van der Waals surface area contributed by atoms with Crippen molar-refractivity contribution in [2.24, 2.45) is 0 Å². The van der Waals surface area contributed by atoms with E-state index in [1.165, 1.54) is 38.0 Å².